The molecule has 5 nitrogen and oxygen atoms in total. The van der Waals surface area contributed by atoms with Gasteiger partial charge >= 0.3 is 0 Å². The average Bonchev–Trinajstić information content (AvgIpc) is 3.39. The van der Waals surface area contributed by atoms with Gasteiger partial charge in [-0.25, -0.2) is 0 Å². The first-order valence-corrected chi connectivity index (χ1v) is 10.6. The normalized spacial score (nSPS) is 12.1. The highest BCUT2D eigenvalue weighted by Crippen LogP contribution is 2.22. The van der Waals surface area contributed by atoms with Gasteiger partial charge in [0.1, 0.15) is 5.75 Å². The topological polar surface area (TPSA) is 56.5 Å². The fourth-order valence-corrected chi connectivity index (χ4v) is 4.30. The van der Waals surface area contributed by atoms with Crippen LogP contribution in [-0.4, -0.2) is 21.2 Å². The number of unbranched alkanes of at least 4 members (excludes halogenated alkanes) is 2. The summed E-state index contributed by atoms with van der Waals surface area (Å²) in [7, 11) is 0. The van der Waals surface area contributed by atoms with Crippen molar-refractivity contribution in [2.75, 3.05) is 6.61 Å². The van der Waals surface area contributed by atoms with Gasteiger partial charge in [-0.3, -0.25) is 4.79 Å². The van der Waals surface area contributed by atoms with E-state index < -0.39 is 0 Å². The van der Waals surface area contributed by atoms with Gasteiger partial charge in [-0.2, -0.15) is 9.50 Å². The third-order valence-electron chi connectivity index (χ3n) is 4.13. The maximum absolute atomic E-state index is 12.7. The highest BCUT2D eigenvalue weighted by atomic mass is 32.1. The van der Waals surface area contributed by atoms with Crippen molar-refractivity contribution >= 4 is 33.7 Å². The lowest BCUT2D eigenvalue weighted by Gasteiger charge is -2.08. The van der Waals surface area contributed by atoms with E-state index in [1.54, 1.807) is 11.3 Å². The number of fused-ring (bicyclic) bond motifs is 1. The minimum atomic E-state index is -0.147. The van der Waals surface area contributed by atoms with Crippen LogP contribution in [0.15, 0.2) is 46.6 Å². The largest absolute Gasteiger partial charge is 0.493 e. The molecule has 138 valence electrons. The van der Waals surface area contributed by atoms with E-state index in [-0.39, 0.29) is 5.56 Å². The van der Waals surface area contributed by atoms with Gasteiger partial charge < -0.3 is 4.74 Å². The van der Waals surface area contributed by atoms with Gasteiger partial charge in [0.05, 0.1) is 16.0 Å². The summed E-state index contributed by atoms with van der Waals surface area (Å²) in [6, 6.07) is 11.7. The van der Waals surface area contributed by atoms with Crippen LogP contribution >= 0.6 is 22.7 Å². The highest BCUT2D eigenvalue weighted by Gasteiger charge is 2.13. The molecule has 1 aromatic carbocycles. The predicted octanol–water partition coefficient (Wildman–Crippen LogP) is 4.00. The fraction of sp³-hybridized carbons (Fsp3) is 0.250. The van der Waals surface area contributed by atoms with Crippen molar-refractivity contribution in [3.63, 3.8) is 0 Å². The van der Waals surface area contributed by atoms with E-state index in [2.05, 4.69) is 17.0 Å². The van der Waals surface area contributed by atoms with Crippen LogP contribution in [0, 0.1) is 0 Å². The zero-order valence-electron chi connectivity index (χ0n) is 14.9. The van der Waals surface area contributed by atoms with Crippen molar-refractivity contribution in [2.24, 2.45) is 0 Å². The fourth-order valence-electron chi connectivity index (χ4n) is 2.75. The molecule has 0 atom stereocenters. The van der Waals surface area contributed by atoms with Crippen LogP contribution < -0.4 is 14.8 Å². The van der Waals surface area contributed by atoms with E-state index >= 15 is 0 Å². The van der Waals surface area contributed by atoms with Gasteiger partial charge in [0.2, 0.25) is 4.96 Å². The first kappa shape index (κ1) is 17.9. The van der Waals surface area contributed by atoms with Crippen LogP contribution in [0.4, 0.5) is 0 Å². The first-order valence-electron chi connectivity index (χ1n) is 8.93. The standard InChI is InChI=1S/C20H19N3O2S2/c1-2-3-6-11-25-15-9-5-4-8-14(15)13-17-19(24)23-20(27-17)21-18(22-23)16-10-7-12-26-16/h4-5,7-10,12-13H,2-3,6,11H2,1H3/b17-13-. The first-order chi connectivity index (χ1) is 13.3. The van der Waals surface area contributed by atoms with Gasteiger partial charge in [-0.15, -0.1) is 16.4 Å². The smallest absolute Gasteiger partial charge is 0.291 e. The van der Waals surface area contributed by atoms with Gasteiger partial charge in [0.15, 0.2) is 5.82 Å². The molecule has 0 aliphatic heterocycles. The van der Waals surface area contributed by atoms with E-state index in [4.69, 9.17) is 4.74 Å². The van der Waals surface area contributed by atoms with Crippen LogP contribution in [-0.2, 0) is 0 Å². The summed E-state index contributed by atoms with van der Waals surface area (Å²) in [6.45, 7) is 2.85. The molecule has 0 N–H and O–H groups in total. The summed E-state index contributed by atoms with van der Waals surface area (Å²) >= 11 is 2.91. The number of rotatable bonds is 7. The number of hydrogen-bond donors (Lipinski definition) is 0. The Balaban J connectivity index is 1.66. The zero-order chi connectivity index (χ0) is 18.6. The molecule has 3 heterocycles. The van der Waals surface area contributed by atoms with E-state index in [0.717, 1.165) is 35.5 Å². The molecule has 0 unspecified atom stereocenters. The summed E-state index contributed by atoms with van der Waals surface area (Å²) in [6.07, 6.45) is 5.20. The van der Waals surface area contributed by atoms with E-state index in [1.807, 2.05) is 47.9 Å². The molecule has 0 amide bonds. The number of para-hydroxylation sites is 1. The number of aromatic nitrogens is 3. The molecule has 0 saturated carbocycles. The second-order valence-electron chi connectivity index (χ2n) is 6.12. The number of thiazole rings is 1. The molecular formula is C20H19N3O2S2. The molecule has 0 saturated heterocycles. The Morgan fingerprint density at radius 3 is 2.85 bits per heavy atom. The van der Waals surface area contributed by atoms with Crippen LogP contribution in [0.2, 0.25) is 0 Å². The Bertz CT molecular complexity index is 1150. The molecule has 0 fully saturated rings. The van der Waals surface area contributed by atoms with Gasteiger partial charge in [0, 0.05) is 5.56 Å². The quantitative estimate of drug-likeness (QED) is 0.442. The van der Waals surface area contributed by atoms with Crippen molar-refractivity contribution in [1.29, 1.82) is 0 Å². The summed E-state index contributed by atoms with van der Waals surface area (Å²) in [5, 5.41) is 6.34. The molecule has 3 aromatic heterocycles. The Morgan fingerprint density at radius 1 is 1.19 bits per heavy atom. The highest BCUT2D eigenvalue weighted by molar-refractivity contribution is 7.15. The number of nitrogens with zero attached hydrogens (tertiary/aromatic N) is 3. The second-order valence-corrected chi connectivity index (χ2v) is 8.07. The molecule has 4 aromatic rings. The lowest BCUT2D eigenvalue weighted by atomic mass is 10.2. The van der Waals surface area contributed by atoms with Crippen molar-refractivity contribution in [2.45, 2.75) is 26.2 Å². The molecule has 0 bridgehead atoms. The van der Waals surface area contributed by atoms with Crippen LogP contribution in [0.5, 0.6) is 5.75 Å². The molecule has 0 radical (unpaired) electrons. The average molecular weight is 398 g/mol. The third kappa shape index (κ3) is 3.79. The molecule has 0 aliphatic rings. The number of benzene rings is 1. The van der Waals surface area contributed by atoms with Crippen LogP contribution in [0.1, 0.15) is 31.7 Å². The maximum Gasteiger partial charge on any atom is 0.291 e. The second kappa shape index (κ2) is 8.02. The van der Waals surface area contributed by atoms with E-state index in [0.29, 0.717) is 21.9 Å². The molecular weight excluding hydrogens is 378 g/mol. The van der Waals surface area contributed by atoms with Gasteiger partial charge in [-0.1, -0.05) is 55.4 Å². The van der Waals surface area contributed by atoms with Crippen LogP contribution in [0.3, 0.4) is 0 Å². The van der Waals surface area contributed by atoms with Gasteiger partial charge in [0.25, 0.3) is 5.56 Å². The van der Waals surface area contributed by atoms with E-state index in [1.165, 1.54) is 15.9 Å². The Morgan fingerprint density at radius 2 is 2.07 bits per heavy atom. The van der Waals surface area contributed by atoms with Crippen LogP contribution in [0.25, 0.3) is 21.7 Å². The van der Waals surface area contributed by atoms with Crippen molar-refractivity contribution in [1.82, 2.24) is 14.6 Å². The monoisotopic (exact) mass is 397 g/mol. The van der Waals surface area contributed by atoms with Crippen molar-refractivity contribution in [3.8, 4) is 16.5 Å². The minimum Gasteiger partial charge on any atom is -0.493 e. The van der Waals surface area contributed by atoms with Crippen molar-refractivity contribution < 1.29 is 4.74 Å². The molecule has 7 heteroatoms. The summed E-state index contributed by atoms with van der Waals surface area (Å²) in [5.74, 6) is 1.39. The summed E-state index contributed by atoms with van der Waals surface area (Å²) < 4.78 is 7.90. The number of thiophene rings is 1. The predicted molar refractivity (Wildman–Crippen MR) is 111 cm³/mol. The summed E-state index contributed by atoms with van der Waals surface area (Å²) in [4.78, 5) is 18.8. The maximum atomic E-state index is 12.7. The SMILES string of the molecule is CCCCCOc1ccccc1/C=c1\sc2nc(-c3cccs3)nn2c1=O. The molecule has 0 aliphatic carbocycles. The number of hydrogen-bond acceptors (Lipinski definition) is 6. The molecule has 27 heavy (non-hydrogen) atoms. The lowest BCUT2D eigenvalue weighted by Crippen LogP contribution is -2.23. The van der Waals surface area contributed by atoms with E-state index in [9.17, 15) is 4.79 Å². The lowest BCUT2D eigenvalue weighted by molar-refractivity contribution is 0.305. The van der Waals surface area contributed by atoms with Crippen molar-refractivity contribution in [3.05, 3.63) is 62.2 Å². The Kier molecular flexibility index (Phi) is 5.31. The molecule has 0 spiro atoms. The number of ether oxygens (including phenoxy) is 1. The Hall–Kier alpha value is -2.51. The Labute approximate surface area is 164 Å². The third-order valence-corrected chi connectivity index (χ3v) is 5.96. The van der Waals surface area contributed by atoms with Gasteiger partial charge in [-0.05, 0) is 30.0 Å². The molecule has 4 rings (SSSR count). The minimum absolute atomic E-state index is 0.147. The zero-order valence-corrected chi connectivity index (χ0v) is 16.6. The summed E-state index contributed by atoms with van der Waals surface area (Å²) in [5.41, 5.74) is 0.750.